The van der Waals surface area contributed by atoms with E-state index in [2.05, 4.69) is 4.98 Å². The van der Waals surface area contributed by atoms with Gasteiger partial charge in [0.15, 0.2) is 0 Å². The van der Waals surface area contributed by atoms with Gasteiger partial charge in [0.1, 0.15) is 5.60 Å². The standard InChI is InChI=1S/C16H17NO3/c1-15(2)12-11(14(18)19)9-7-5-6-8-10(9)17-13(12)16(3,4)20-15/h5-8H,1-4H3,(H,18,19). The Kier molecular flexibility index (Phi) is 2.48. The second kappa shape index (κ2) is 3.79. The van der Waals surface area contributed by atoms with Gasteiger partial charge in [0.2, 0.25) is 0 Å². The molecule has 1 aromatic heterocycles. The minimum absolute atomic E-state index is 0.307. The van der Waals surface area contributed by atoms with Crippen molar-refractivity contribution in [3.8, 4) is 0 Å². The predicted octanol–water partition coefficient (Wildman–Crippen LogP) is 3.43. The highest BCUT2D eigenvalue weighted by molar-refractivity contribution is 6.04. The molecule has 0 amide bonds. The molecule has 0 saturated carbocycles. The lowest BCUT2D eigenvalue weighted by atomic mass is 9.88. The lowest BCUT2D eigenvalue weighted by molar-refractivity contribution is -0.106. The molecule has 3 rings (SSSR count). The van der Waals surface area contributed by atoms with Crippen LogP contribution in [-0.4, -0.2) is 16.1 Å². The van der Waals surface area contributed by atoms with Crippen molar-refractivity contribution in [3.05, 3.63) is 41.1 Å². The van der Waals surface area contributed by atoms with Gasteiger partial charge in [-0.1, -0.05) is 18.2 Å². The van der Waals surface area contributed by atoms with E-state index in [1.165, 1.54) is 0 Å². The van der Waals surface area contributed by atoms with Gasteiger partial charge < -0.3 is 9.84 Å². The molecule has 0 radical (unpaired) electrons. The lowest BCUT2D eigenvalue weighted by Crippen LogP contribution is -2.23. The molecular weight excluding hydrogens is 254 g/mol. The van der Waals surface area contributed by atoms with Gasteiger partial charge in [0, 0.05) is 10.9 Å². The number of hydrogen-bond donors (Lipinski definition) is 1. The molecule has 2 heterocycles. The Morgan fingerprint density at radius 3 is 2.45 bits per heavy atom. The van der Waals surface area contributed by atoms with Crippen LogP contribution < -0.4 is 0 Å². The van der Waals surface area contributed by atoms with Crippen molar-refractivity contribution in [2.24, 2.45) is 0 Å². The molecule has 2 aromatic rings. The van der Waals surface area contributed by atoms with E-state index in [9.17, 15) is 9.90 Å². The number of pyridine rings is 1. The molecule has 20 heavy (non-hydrogen) atoms. The molecule has 0 atom stereocenters. The maximum absolute atomic E-state index is 11.8. The highest BCUT2D eigenvalue weighted by atomic mass is 16.5. The smallest absolute Gasteiger partial charge is 0.336 e. The highest BCUT2D eigenvalue weighted by Crippen LogP contribution is 2.48. The zero-order chi connectivity index (χ0) is 14.7. The summed E-state index contributed by atoms with van der Waals surface area (Å²) in [5.74, 6) is -0.936. The second-order valence-corrected chi connectivity index (χ2v) is 6.16. The van der Waals surface area contributed by atoms with E-state index in [4.69, 9.17) is 4.74 Å². The summed E-state index contributed by atoms with van der Waals surface area (Å²) >= 11 is 0. The van der Waals surface area contributed by atoms with E-state index in [0.29, 0.717) is 22.0 Å². The SMILES string of the molecule is CC1(C)OC(C)(C)c2c1nc1ccccc1c2C(=O)O. The van der Waals surface area contributed by atoms with Gasteiger partial charge in [-0.2, -0.15) is 0 Å². The molecule has 0 aliphatic carbocycles. The van der Waals surface area contributed by atoms with Crippen LogP contribution in [0.5, 0.6) is 0 Å². The Balaban J connectivity index is 2.52. The number of carboxylic acid groups (broad SMARTS) is 1. The Labute approximate surface area is 117 Å². The number of aromatic carboxylic acids is 1. The summed E-state index contributed by atoms with van der Waals surface area (Å²) in [7, 11) is 0. The summed E-state index contributed by atoms with van der Waals surface area (Å²) in [4.78, 5) is 16.4. The van der Waals surface area contributed by atoms with Crippen LogP contribution in [0.2, 0.25) is 0 Å². The topological polar surface area (TPSA) is 59.4 Å². The van der Waals surface area contributed by atoms with Crippen LogP contribution in [0.1, 0.15) is 49.3 Å². The minimum Gasteiger partial charge on any atom is -0.478 e. The van der Waals surface area contributed by atoms with Crippen LogP contribution in [0.15, 0.2) is 24.3 Å². The fraction of sp³-hybridized carbons (Fsp3) is 0.375. The van der Waals surface area contributed by atoms with Crippen LogP contribution in [0.25, 0.3) is 10.9 Å². The molecule has 1 aliphatic rings. The van der Waals surface area contributed by atoms with Crippen LogP contribution in [-0.2, 0) is 15.9 Å². The Morgan fingerprint density at radius 2 is 1.80 bits per heavy atom. The number of carboxylic acids is 1. The van der Waals surface area contributed by atoms with Crippen molar-refractivity contribution < 1.29 is 14.6 Å². The Bertz CT molecular complexity index is 732. The second-order valence-electron chi connectivity index (χ2n) is 6.16. The van der Waals surface area contributed by atoms with Crippen molar-refractivity contribution in [1.82, 2.24) is 4.98 Å². The fourth-order valence-corrected chi connectivity index (χ4v) is 3.19. The summed E-state index contributed by atoms with van der Waals surface area (Å²) in [5.41, 5.74) is 1.16. The first kappa shape index (κ1) is 13.1. The maximum Gasteiger partial charge on any atom is 0.336 e. The monoisotopic (exact) mass is 271 g/mol. The molecule has 4 heteroatoms. The summed E-state index contributed by atoms with van der Waals surface area (Å²) < 4.78 is 6.04. The van der Waals surface area contributed by atoms with Crippen LogP contribution in [0.4, 0.5) is 0 Å². The van der Waals surface area contributed by atoms with Gasteiger partial charge in [-0.3, -0.25) is 0 Å². The number of hydrogen-bond acceptors (Lipinski definition) is 3. The highest BCUT2D eigenvalue weighted by Gasteiger charge is 2.47. The molecule has 1 N–H and O–H groups in total. The van der Waals surface area contributed by atoms with E-state index in [-0.39, 0.29) is 0 Å². The largest absolute Gasteiger partial charge is 0.478 e. The number of carbonyl (C=O) groups is 1. The number of ether oxygens (including phenoxy) is 1. The summed E-state index contributed by atoms with van der Waals surface area (Å²) in [6, 6.07) is 7.33. The number of rotatable bonds is 1. The summed E-state index contributed by atoms with van der Waals surface area (Å²) in [6.07, 6.45) is 0. The molecule has 0 saturated heterocycles. The first-order valence-electron chi connectivity index (χ1n) is 6.61. The third-order valence-corrected chi connectivity index (χ3v) is 3.79. The molecule has 0 unspecified atom stereocenters. The molecular formula is C16H17NO3. The van der Waals surface area contributed by atoms with Gasteiger partial charge in [-0.05, 0) is 33.8 Å². The number of aromatic nitrogens is 1. The van der Waals surface area contributed by atoms with Gasteiger partial charge in [0.25, 0.3) is 0 Å². The molecule has 0 spiro atoms. The van der Waals surface area contributed by atoms with E-state index in [0.717, 1.165) is 5.69 Å². The van der Waals surface area contributed by atoms with E-state index in [1.807, 2.05) is 45.9 Å². The van der Waals surface area contributed by atoms with Gasteiger partial charge in [-0.15, -0.1) is 0 Å². The first-order valence-corrected chi connectivity index (χ1v) is 6.61. The number of fused-ring (bicyclic) bond motifs is 2. The average Bonchev–Trinajstić information content (AvgIpc) is 2.52. The van der Waals surface area contributed by atoms with Crippen molar-refractivity contribution in [1.29, 1.82) is 0 Å². The maximum atomic E-state index is 11.8. The molecule has 0 fully saturated rings. The Hall–Kier alpha value is -1.94. The molecule has 0 bridgehead atoms. The third-order valence-electron chi connectivity index (χ3n) is 3.79. The predicted molar refractivity (Wildman–Crippen MR) is 75.8 cm³/mol. The molecule has 1 aliphatic heterocycles. The third kappa shape index (κ3) is 1.64. The number of nitrogens with zero attached hydrogens (tertiary/aromatic N) is 1. The van der Waals surface area contributed by atoms with Crippen LogP contribution in [0.3, 0.4) is 0 Å². The lowest BCUT2D eigenvalue weighted by Gasteiger charge is -2.24. The average molecular weight is 271 g/mol. The van der Waals surface area contributed by atoms with Crippen molar-refractivity contribution in [2.45, 2.75) is 38.9 Å². The van der Waals surface area contributed by atoms with E-state index < -0.39 is 17.2 Å². The van der Waals surface area contributed by atoms with Crippen LogP contribution in [0, 0.1) is 0 Å². The zero-order valence-electron chi connectivity index (χ0n) is 12.0. The summed E-state index contributed by atoms with van der Waals surface area (Å²) in [5, 5.41) is 10.3. The van der Waals surface area contributed by atoms with E-state index >= 15 is 0 Å². The molecule has 104 valence electrons. The normalized spacial score (nSPS) is 19.0. The van der Waals surface area contributed by atoms with Gasteiger partial charge >= 0.3 is 5.97 Å². The van der Waals surface area contributed by atoms with Gasteiger partial charge in [-0.25, -0.2) is 9.78 Å². The summed E-state index contributed by atoms with van der Waals surface area (Å²) in [6.45, 7) is 7.63. The van der Waals surface area contributed by atoms with E-state index in [1.54, 1.807) is 6.07 Å². The Morgan fingerprint density at radius 1 is 1.15 bits per heavy atom. The first-order chi connectivity index (χ1) is 9.24. The number of para-hydroxylation sites is 1. The molecule has 4 nitrogen and oxygen atoms in total. The van der Waals surface area contributed by atoms with Crippen molar-refractivity contribution in [2.75, 3.05) is 0 Å². The van der Waals surface area contributed by atoms with Crippen molar-refractivity contribution in [3.63, 3.8) is 0 Å². The molecule has 1 aromatic carbocycles. The number of benzene rings is 1. The minimum atomic E-state index is -0.936. The van der Waals surface area contributed by atoms with Crippen LogP contribution >= 0.6 is 0 Å². The van der Waals surface area contributed by atoms with Crippen molar-refractivity contribution >= 4 is 16.9 Å². The van der Waals surface area contributed by atoms with Gasteiger partial charge in [0.05, 0.1) is 22.4 Å². The zero-order valence-corrected chi connectivity index (χ0v) is 12.0. The quantitative estimate of drug-likeness (QED) is 0.863. The fourth-order valence-electron chi connectivity index (χ4n) is 3.19.